The molecule has 0 aliphatic carbocycles. The van der Waals surface area contributed by atoms with Crippen molar-refractivity contribution in [3.05, 3.63) is 89.7 Å². The zero-order chi connectivity index (χ0) is 21.4. The molecule has 156 valence electrons. The van der Waals surface area contributed by atoms with Gasteiger partial charge in [-0.2, -0.15) is 4.31 Å². The quantitative estimate of drug-likeness (QED) is 0.518. The van der Waals surface area contributed by atoms with Gasteiger partial charge in [0.05, 0.1) is 22.3 Å². The Morgan fingerprint density at radius 1 is 1.00 bits per heavy atom. The fourth-order valence-corrected chi connectivity index (χ4v) is 5.68. The summed E-state index contributed by atoms with van der Waals surface area (Å²) in [7, 11) is -3.55. The second-order valence-electron chi connectivity index (χ2n) is 7.69. The van der Waals surface area contributed by atoms with Crippen molar-refractivity contribution in [1.29, 1.82) is 0 Å². The topological polar surface area (TPSA) is 75.2 Å². The van der Waals surface area contributed by atoms with Crippen LogP contribution in [0, 0.1) is 6.92 Å². The number of nitrogens with one attached hydrogen (secondary N) is 1. The summed E-state index contributed by atoms with van der Waals surface area (Å²) >= 11 is 0. The molecular formula is C24H22N4O2S. The molecule has 6 nitrogen and oxygen atoms in total. The number of aryl methyl sites for hydroxylation is 1. The standard InChI is InChI=1S/C24H22N4O2S/c1-17-6-2-5-9-23(17)31(29,30)28-13-11-21-19(16-28)10-12-25-24(21)27-20-14-18-7-3-4-8-22(18)26-15-20/h2-10,12,14-15H,11,13,16H2,1H3,(H,25,27). The predicted molar refractivity (Wildman–Crippen MR) is 122 cm³/mol. The van der Waals surface area contributed by atoms with E-state index in [9.17, 15) is 8.42 Å². The molecule has 5 rings (SSSR count). The molecule has 0 saturated heterocycles. The highest BCUT2D eigenvalue weighted by atomic mass is 32.2. The molecule has 0 atom stereocenters. The number of fused-ring (bicyclic) bond motifs is 2. The molecule has 4 aromatic rings. The van der Waals surface area contributed by atoms with Crippen molar-refractivity contribution in [2.24, 2.45) is 0 Å². The Balaban J connectivity index is 1.43. The number of aromatic nitrogens is 2. The van der Waals surface area contributed by atoms with Crippen LogP contribution in [0.3, 0.4) is 0 Å². The molecule has 1 aliphatic heterocycles. The number of rotatable bonds is 4. The number of nitrogens with zero attached hydrogens (tertiary/aromatic N) is 3. The van der Waals surface area contributed by atoms with Gasteiger partial charge in [0, 0.05) is 30.2 Å². The molecule has 0 amide bonds. The summed E-state index contributed by atoms with van der Waals surface area (Å²) in [5.41, 5.74) is 4.57. The Kier molecular flexibility index (Phi) is 4.92. The van der Waals surface area contributed by atoms with Crippen LogP contribution in [0.25, 0.3) is 10.9 Å². The van der Waals surface area contributed by atoms with Crippen molar-refractivity contribution in [2.45, 2.75) is 24.8 Å². The van der Waals surface area contributed by atoms with Gasteiger partial charge in [-0.1, -0.05) is 36.4 Å². The maximum absolute atomic E-state index is 13.2. The number of hydrogen-bond donors (Lipinski definition) is 1. The van der Waals surface area contributed by atoms with Gasteiger partial charge in [0.25, 0.3) is 0 Å². The zero-order valence-corrected chi connectivity index (χ0v) is 17.9. The van der Waals surface area contributed by atoms with E-state index >= 15 is 0 Å². The number of anilines is 2. The average molecular weight is 431 g/mol. The minimum Gasteiger partial charge on any atom is -0.339 e. The van der Waals surface area contributed by atoms with Gasteiger partial charge >= 0.3 is 0 Å². The monoisotopic (exact) mass is 430 g/mol. The van der Waals surface area contributed by atoms with Gasteiger partial charge in [0.1, 0.15) is 5.82 Å². The average Bonchev–Trinajstić information content (AvgIpc) is 2.79. The summed E-state index contributed by atoms with van der Waals surface area (Å²) in [4.78, 5) is 9.39. The molecule has 0 unspecified atom stereocenters. The van der Waals surface area contributed by atoms with E-state index in [4.69, 9.17) is 0 Å². The summed E-state index contributed by atoms with van der Waals surface area (Å²) in [6.07, 6.45) is 4.11. The molecule has 31 heavy (non-hydrogen) atoms. The van der Waals surface area contributed by atoms with Crippen molar-refractivity contribution in [1.82, 2.24) is 14.3 Å². The molecule has 1 N–H and O–H groups in total. The highest BCUT2D eigenvalue weighted by Gasteiger charge is 2.30. The van der Waals surface area contributed by atoms with Crippen LogP contribution in [0.4, 0.5) is 11.5 Å². The van der Waals surface area contributed by atoms with E-state index in [2.05, 4.69) is 15.3 Å². The molecule has 0 fully saturated rings. The molecule has 0 bridgehead atoms. The largest absolute Gasteiger partial charge is 0.339 e. The van der Waals surface area contributed by atoms with Crippen LogP contribution < -0.4 is 5.32 Å². The number of sulfonamides is 1. The highest BCUT2D eigenvalue weighted by molar-refractivity contribution is 7.89. The summed E-state index contributed by atoms with van der Waals surface area (Å²) < 4.78 is 28.0. The first kappa shape index (κ1) is 19.7. The van der Waals surface area contributed by atoms with Gasteiger partial charge in [0.15, 0.2) is 0 Å². The lowest BCUT2D eigenvalue weighted by Gasteiger charge is -2.29. The van der Waals surface area contributed by atoms with E-state index in [1.807, 2.05) is 55.5 Å². The first-order valence-electron chi connectivity index (χ1n) is 10.2. The van der Waals surface area contributed by atoms with Crippen molar-refractivity contribution in [3.8, 4) is 0 Å². The third kappa shape index (κ3) is 3.66. The first-order valence-corrected chi connectivity index (χ1v) is 11.6. The summed E-state index contributed by atoms with van der Waals surface area (Å²) in [6, 6.07) is 19.0. The fraction of sp³-hybridized carbons (Fsp3) is 0.167. The second-order valence-corrected chi connectivity index (χ2v) is 9.60. The van der Waals surface area contributed by atoms with Gasteiger partial charge in [-0.25, -0.2) is 13.4 Å². The number of benzene rings is 2. The van der Waals surface area contributed by atoms with Crippen LogP contribution in [-0.4, -0.2) is 29.2 Å². The lowest BCUT2D eigenvalue weighted by molar-refractivity contribution is 0.391. The van der Waals surface area contributed by atoms with Crippen LogP contribution >= 0.6 is 0 Å². The van der Waals surface area contributed by atoms with Crippen molar-refractivity contribution < 1.29 is 8.42 Å². The molecule has 0 saturated carbocycles. The van der Waals surface area contributed by atoms with E-state index in [1.54, 1.807) is 28.8 Å². The zero-order valence-electron chi connectivity index (χ0n) is 17.1. The first-order chi connectivity index (χ1) is 15.0. The third-order valence-corrected chi connectivity index (χ3v) is 7.68. The summed E-state index contributed by atoms with van der Waals surface area (Å²) in [5, 5.41) is 4.43. The van der Waals surface area contributed by atoms with Gasteiger partial charge in [-0.05, 0) is 48.7 Å². The number of para-hydroxylation sites is 1. The van der Waals surface area contributed by atoms with Gasteiger partial charge in [0.2, 0.25) is 10.0 Å². The predicted octanol–water partition coefficient (Wildman–Crippen LogP) is 4.43. The lowest BCUT2D eigenvalue weighted by Crippen LogP contribution is -2.36. The lowest BCUT2D eigenvalue weighted by atomic mass is 10.0. The Morgan fingerprint density at radius 2 is 1.81 bits per heavy atom. The van der Waals surface area contributed by atoms with Gasteiger partial charge < -0.3 is 5.32 Å². The van der Waals surface area contributed by atoms with E-state index < -0.39 is 10.0 Å². The van der Waals surface area contributed by atoms with Crippen LogP contribution in [0.1, 0.15) is 16.7 Å². The fourth-order valence-electron chi connectivity index (χ4n) is 4.04. The molecule has 1 aliphatic rings. The Morgan fingerprint density at radius 3 is 2.68 bits per heavy atom. The van der Waals surface area contributed by atoms with Crippen molar-refractivity contribution >= 4 is 32.4 Å². The van der Waals surface area contributed by atoms with Crippen LogP contribution in [0.5, 0.6) is 0 Å². The molecule has 2 aromatic carbocycles. The number of pyridine rings is 2. The van der Waals surface area contributed by atoms with Gasteiger partial charge in [-0.15, -0.1) is 0 Å². The van der Waals surface area contributed by atoms with E-state index in [-0.39, 0.29) is 0 Å². The Bertz CT molecular complexity index is 1390. The summed E-state index contributed by atoms with van der Waals surface area (Å²) in [6.45, 7) is 2.58. The van der Waals surface area contributed by atoms with E-state index in [0.717, 1.165) is 39.1 Å². The minimum absolute atomic E-state index is 0.333. The molecular weight excluding hydrogens is 408 g/mol. The highest BCUT2D eigenvalue weighted by Crippen LogP contribution is 2.30. The third-order valence-electron chi connectivity index (χ3n) is 5.68. The number of hydrogen-bond acceptors (Lipinski definition) is 5. The maximum Gasteiger partial charge on any atom is 0.243 e. The molecule has 3 heterocycles. The van der Waals surface area contributed by atoms with Crippen LogP contribution in [0.2, 0.25) is 0 Å². The van der Waals surface area contributed by atoms with Gasteiger partial charge in [-0.3, -0.25) is 4.98 Å². The smallest absolute Gasteiger partial charge is 0.243 e. The normalized spacial score (nSPS) is 14.4. The Labute approximate surface area is 181 Å². The minimum atomic E-state index is -3.55. The second kappa shape index (κ2) is 7.76. The Hall–Kier alpha value is -3.29. The maximum atomic E-state index is 13.2. The molecule has 0 spiro atoms. The van der Waals surface area contributed by atoms with Crippen LogP contribution in [0.15, 0.2) is 78.0 Å². The van der Waals surface area contributed by atoms with E-state index in [1.165, 1.54) is 0 Å². The molecule has 2 aromatic heterocycles. The van der Waals surface area contributed by atoms with Crippen molar-refractivity contribution in [3.63, 3.8) is 0 Å². The molecule has 7 heteroatoms. The van der Waals surface area contributed by atoms with Crippen molar-refractivity contribution in [2.75, 3.05) is 11.9 Å². The van der Waals surface area contributed by atoms with E-state index in [0.29, 0.717) is 24.4 Å². The summed E-state index contributed by atoms with van der Waals surface area (Å²) in [5.74, 6) is 0.752. The van der Waals surface area contributed by atoms with Crippen LogP contribution in [-0.2, 0) is 23.0 Å². The molecule has 0 radical (unpaired) electrons. The SMILES string of the molecule is Cc1ccccc1S(=O)(=O)N1CCc2c(ccnc2Nc2cnc3ccccc3c2)C1.